The molecule has 0 unspecified atom stereocenters. The van der Waals surface area contributed by atoms with Gasteiger partial charge in [-0.3, -0.25) is 9.36 Å². The van der Waals surface area contributed by atoms with Crippen molar-refractivity contribution >= 4 is 55.2 Å². The average molecular weight is 666 g/mol. The fourth-order valence-corrected chi connectivity index (χ4v) is 6.29. The van der Waals surface area contributed by atoms with Gasteiger partial charge in [0.1, 0.15) is 5.75 Å². The lowest BCUT2D eigenvalue weighted by Gasteiger charge is -2.26. The van der Waals surface area contributed by atoms with Crippen LogP contribution in [0.4, 0.5) is 0 Å². The second-order valence-corrected chi connectivity index (χ2v) is 10.9. The van der Waals surface area contributed by atoms with Crippen molar-refractivity contribution in [2.24, 2.45) is 4.99 Å². The number of hydrogen-bond acceptors (Lipinski definition) is 8. The number of esters is 1. The number of thiazole rings is 1. The van der Waals surface area contributed by atoms with Gasteiger partial charge in [-0.25, -0.2) is 9.79 Å². The van der Waals surface area contributed by atoms with Crippen LogP contribution in [0.2, 0.25) is 0 Å². The van der Waals surface area contributed by atoms with E-state index in [1.54, 1.807) is 39.2 Å². The van der Waals surface area contributed by atoms with Crippen molar-refractivity contribution < 1.29 is 23.7 Å². The summed E-state index contributed by atoms with van der Waals surface area (Å²) in [6.45, 7) is 6.13. The minimum absolute atomic E-state index is 0.187. The van der Waals surface area contributed by atoms with Crippen LogP contribution in [0.25, 0.3) is 6.08 Å². The van der Waals surface area contributed by atoms with Crippen LogP contribution < -0.4 is 29.1 Å². The van der Waals surface area contributed by atoms with Crippen LogP contribution in [0.3, 0.4) is 0 Å². The molecule has 1 aromatic heterocycles. The first-order valence-electron chi connectivity index (χ1n) is 11.8. The van der Waals surface area contributed by atoms with E-state index in [0.29, 0.717) is 43.2 Å². The van der Waals surface area contributed by atoms with E-state index in [9.17, 15) is 9.59 Å². The summed E-state index contributed by atoms with van der Waals surface area (Å²) in [5.74, 6) is 1.16. The number of rotatable bonds is 8. The summed E-state index contributed by atoms with van der Waals surface area (Å²) in [7, 11) is 3.07. The van der Waals surface area contributed by atoms with Crippen molar-refractivity contribution in [3.63, 3.8) is 0 Å². The van der Waals surface area contributed by atoms with Gasteiger partial charge >= 0.3 is 5.97 Å². The van der Waals surface area contributed by atoms with E-state index in [1.807, 2.05) is 25.1 Å². The number of aromatic nitrogens is 1. The van der Waals surface area contributed by atoms with E-state index in [-0.39, 0.29) is 17.7 Å². The Bertz CT molecular complexity index is 1610. The van der Waals surface area contributed by atoms with Crippen LogP contribution in [-0.2, 0) is 9.53 Å². The molecule has 3 aromatic rings. The van der Waals surface area contributed by atoms with Crippen LogP contribution in [0.1, 0.15) is 37.9 Å². The minimum Gasteiger partial charge on any atom is -0.493 e. The summed E-state index contributed by atoms with van der Waals surface area (Å²) >= 11 is 8.39. The number of benzene rings is 2. The van der Waals surface area contributed by atoms with Gasteiger partial charge in [0.2, 0.25) is 0 Å². The Labute approximate surface area is 240 Å². The molecule has 0 amide bonds. The molecule has 200 valence electrons. The molecular formula is C27H26Br2N2O6S. The molecule has 2 heterocycles. The van der Waals surface area contributed by atoms with E-state index in [1.165, 1.54) is 23.0 Å². The van der Waals surface area contributed by atoms with Crippen molar-refractivity contribution in [2.75, 3.05) is 27.4 Å². The highest BCUT2D eigenvalue weighted by molar-refractivity contribution is 9.10. The molecule has 0 N–H and O–H groups in total. The van der Waals surface area contributed by atoms with Crippen molar-refractivity contribution in [3.8, 4) is 17.2 Å². The summed E-state index contributed by atoms with van der Waals surface area (Å²) in [6.07, 6.45) is 1.80. The third kappa shape index (κ3) is 5.32. The molecule has 1 aliphatic rings. The van der Waals surface area contributed by atoms with Gasteiger partial charge in [-0.15, -0.1) is 0 Å². The lowest BCUT2D eigenvalue weighted by atomic mass is 9.95. The molecule has 0 aliphatic carbocycles. The zero-order valence-corrected chi connectivity index (χ0v) is 25.5. The fourth-order valence-electron chi connectivity index (χ4n) is 4.20. The first-order chi connectivity index (χ1) is 18.2. The molecule has 0 saturated carbocycles. The minimum atomic E-state index is -0.798. The SMILES string of the molecule is CCOC(=O)C1=C(C)N=c2s/c(=C\c3ccc(OCC)c(Br)c3)c(=O)n2[C@H]1c1cc(OC)c(OC)cc1Br. The predicted octanol–water partition coefficient (Wildman–Crippen LogP) is 4.74. The first-order valence-corrected chi connectivity index (χ1v) is 14.2. The van der Waals surface area contributed by atoms with Gasteiger partial charge in [0.05, 0.1) is 53.8 Å². The number of fused-ring (bicyclic) bond motifs is 1. The fraction of sp³-hybridized carbons (Fsp3) is 0.296. The number of allylic oxidation sites excluding steroid dienone is 1. The average Bonchev–Trinajstić information content (AvgIpc) is 3.19. The zero-order valence-electron chi connectivity index (χ0n) is 21.5. The van der Waals surface area contributed by atoms with Gasteiger partial charge in [-0.2, -0.15) is 0 Å². The molecule has 2 aromatic carbocycles. The second-order valence-electron chi connectivity index (χ2n) is 8.15. The van der Waals surface area contributed by atoms with Crippen LogP contribution in [0, 0.1) is 0 Å². The summed E-state index contributed by atoms with van der Waals surface area (Å²) in [4.78, 5) is 32.2. The van der Waals surface area contributed by atoms with Crippen LogP contribution in [-0.4, -0.2) is 38.0 Å². The largest absolute Gasteiger partial charge is 0.493 e. The molecule has 11 heteroatoms. The van der Waals surface area contributed by atoms with Gasteiger partial charge in [-0.1, -0.05) is 33.3 Å². The zero-order chi connectivity index (χ0) is 27.6. The first kappa shape index (κ1) is 28.1. The third-order valence-electron chi connectivity index (χ3n) is 5.87. The number of halogens is 2. The Morgan fingerprint density at radius 2 is 1.76 bits per heavy atom. The van der Waals surface area contributed by atoms with Gasteiger partial charge in [0.25, 0.3) is 5.56 Å². The maximum Gasteiger partial charge on any atom is 0.338 e. The Kier molecular flexibility index (Phi) is 8.79. The number of ether oxygens (including phenoxy) is 4. The molecule has 8 nitrogen and oxygen atoms in total. The van der Waals surface area contributed by atoms with E-state index in [2.05, 4.69) is 36.9 Å². The number of carbonyl (C=O) groups is 1. The lowest BCUT2D eigenvalue weighted by Crippen LogP contribution is -2.40. The Balaban J connectivity index is 1.96. The van der Waals surface area contributed by atoms with E-state index in [4.69, 9.17) is 18.9 Å². The van der Waals surface area contributed by atoms with Crippen molar-refractivity contribution in [2.45, 2.75) is 26.8 Å². The van der Waals surface area contributed by atoms with E-state index < -0.39 is 12.0 Å². The molecule has 1 atom stereocenters. The Morgan fingerprint density at radius 3 is 2.39 bits per heavy atom. The number of nitrogens with zero attached hydrogens (tertiary/aromatic N) is 2. The van der Waals surface area contributed by atoms with Crippen LogP contribution >= 0.6 is 43.2 Å². The summed E-state index contributed by atoms with van der Waals surface area (Å²) < 4.78 is 25.4. The van der Waals surface area contributed by atoms with E-state index in [0.717, 1.165) is 15.8 Å². The van der Waals surface area contributed by atoms with Gasteiger partial charge in [-0.05, 0) is 78.2 Å². The number of methoxy groups -OCH3 is 2. The lowest BCUT2D eigenvalue weighted by molar-refractivity contribution is -0.139. The number of hydrogen-bond donors (Lipinski definition) is 0. The third-order valence-corrected chi connectivity index (χ3v) is 8.16. The molecule has 4 rings (SSSR count). The maximum atomic E-state index is 13.9. The Morgan fingerprint density at radius 1 is 1.05 bits per heavy atom. The van der Waals surface area contributed by atoms with E-state index >= 15 is 0 Å². The molecule has 1 aliphatic heterocycles. The quantitative estimate of drug-likeness (QED) is 0.323. The smallest absolute Gasteiger partial charge is 0.338 e. The Hall–Kier alpha value is -2.89. The molecule has 0 fully saturated rings. The second kappa shape index (κ2) is 11.9. The number of carbonyl (C=O) groups excluding carboxylic acids is 1. The highest BCUT2D eigenvalue weighted by Crippen LogP contribution is 2.40. The monoisotopic (exact) mass is 664 g/mol. The van der Waals surface area contributed by atoms with Crippen molar-refractivity contribution in [3.05, 3.63) is 81.4 Å². The highest BCUT2D eigenvalue weighted by Gasteiger charge is 2.35. The summed E-state index contributed by atoms with van der Waals surface area (Å²) in [5, 5.41) is 0. The maximum absolute atomic E-state index is 13.9. The molecule has 0 radical (unpaired) electrons. The normalized spacial score (nSPS) is 15.1. The predicted molar refractivity (Wildman–Crippen MR) is 153 cm³/mol. The summed E-state index contributed by atoms with van der Waals surface area (Å²) in [6, 6.07) is 8.33. The summed E-state index contributed by atoms with van der Waals surface area (Å²) in [5.41, 5.74) is 1.93. The molecule has 0 saturated heterocycles. The van der Waals surface area contributed by atoms with Crippen LogP contribution in [0.5, 0.6) is 17.2 Å². The van der Waals surface area contributed by atoms with Crippen molar-refractivity contribution in [1.29, 1.82) is 0 Å². The van der Waals surface area contributed by atoms with Gasteiger partial charge in [0.15, 0.2) is 16.3 Å². The molecular weight excluding hydrogens is 640 g/mol. The van der Waals surface area contributed by atoms with Gasteiger partial charge < -0.3 is 18.9 Å². The highest BCUT2D eigenvalue weighted by atomic mass is 79.9. The molecule has 38 heavy (non-hydrogen) atoms. The topological polar surface area (TPSA) is 88.4 Å². The standard InChI is InChI=1S/C27H26Br2N2O6S/c1-6-36-19-9-8-15(10-18(19)29)11-22-25(32)31-24(16-12-20(34-4)21(35-5)13-17(16)28)23(26(33)37-7-2)14(3)30-27(31)38-22/h8-13,24H,6-7H2,1-5H3/b22-11-/t24-/m0/s1. The molecule has 0 bridgehead atoms. The van der Waals surface area contributed by atoms with Crippen LogP contribution in [0.15, 0.2) is 60.3 Å². The van der Waals surface area contributed by atoms with Crippen molar-refractivity contribution in [1.82, 2.24) is 4.57 Å². The molecule has 0 spiro atoms. The van der Waals surface area contributed by atoms with Gasteiger partial charge in [0, 0.05) is 4.47 Å².